The highest BCUT2D eigenvalue weighted by atomic mass is 32.2. The number of thioether (sulfide) groups is 1. The molecule has 3 rings (SSSR count). The van der Waals surface area contributed by atoms with Gasteiger partial charge < -0.3 is 9.15 Å². The number of hydrogen-bond acceptors (Lipinski definition) is 6. The predicted molar refractivity (Wildman–Crippen MR) is 106 cm³/mol. The van der Waals surface area contributed by atoms with Crippen molar-refractivity contribution in [3.05, 3.63) is 59.7 Å². The van der Waals surface area contributed by atoms with Crippen LogP contribution in [0.3, 0.4) is 0 Å². The Morgan fingerprint density at radius 2 is 1.85 bits per heavy atom. The number of methoxy groups -OCH3 is 1. The number of ether oxygens (including phenoxy) is 1. The molecule has 0 aliphatic carbocycles. The number of ketones is 1. The molecule has 0 aliphatic rings. The molecule has 6 heteroatoms. The molecule has 0 spiro atoms. The standard InChI is InChI=1S/C21H22N2O3S/c1-21(2,3)16-10-8-14(9-11-16)19-22-23-20(26-19)27-13-18(24)15-6-5-7-17(12-15)25-4/h5-12H,13H2,1-4H3. The lowest BCUT2D eigenvalue weighted by molar-refractivity contribution is 0.102. The summed E-state index contributed by atoms with van der Waals surface area (Å²) in [4.78, 5) is 12.3. The first-order chi connectivity index (χ1) is 12.9. The lowest BCUT2D eigenvalue weighted by Gasteiger charge is -2.18. The molecule has 0 unspecified atom stereocenters. The minimum absolute atomic E-state index is 0.0202. The second kappa shape index (κ2) is 7.96. The van der Waals surface area contributed by atoms with Gasteiger partial charge >= 0.3 is 0 Å². The van der Waals surface area contributed by atoms with Crippen LogP contribution < -0.4 is 4.74 Å². The molecule has 0 atom stereocenters. The summed E-state index contributed by atoms with van der Waals surface area (Å²) >= 11 is 1.23. The van der Waals surface area contributed by atoms with E-state index in [0.29, 0.717) is 22.4 Å². The smallest absolute Gasteiger partial charge is 0.277 e. The van der Waals surface area contributed by atoms with Crippen molar-refractivity contribution in [1.29, 1.82) is 0 Å². The molecule has 0 aliphatic heterocycles. The number of benzene rings is 2. The Balaban J connectivity index is 1.65. The molecule has 0 saturated carbocycles. The number of aromatic nitrogens is 2. The van der Waals surface area contributed by atoms with Crippen molar-refractivity contribution < 1.29 is 13.9 Å². The van der Waals surface area contributed by atoms with Gasteiger partial charge in [0.15, 0.2) is 5.78 Å². The average Bonchev–Trinajstić information content (AvgIpc) is 3.14. The van der Waals surface area contributed by atoms with E-state index in [9.17, 15) is 4.79 Å². The Kier molecular flexibility index (Phi) is 5.65. The van der Waals surface area contributed by atoms with E-state index in [1.165, 1.54) is 17.3 Å². The van der Waals surface area contributed by atoms with Crippen molar-refractivity contribution in [2.75, 3.05) is 12.9 Å². The van der Waals surface area contributed by atoms with E-state index in [-0.39, 0.29) is 17.0 Å². The van der Waals surface area contributed by atoms with Crippen LogP contribution in [0.2, 0.25) is 0 Å². The van der Waals surface area contributed by atoms with E-state index in [4.69, 9.17) is 9.15 Å². The van der Waals surface area contributed by atoms with Gasteiger partial charge in [0.25, 0.3) is 5.22 Å². The molecule has 140 valence electrons. The number of Topliss-reactive ketones (excluding diaryl/α,β-unsaturated/α-hetero) is 1. The van der Waals surface area contributed by atoms with Gasteiger partial charge in [0, 0.05) is 11.1 Å². The minimum Gasteiger partial charge on any atom is -0.497 e. The third-order valence-corrected chi connectivity index (χ3v) is 4.94. The molecule has 0 radical (unpaired) electrons. The molecular formula is C21H22N2O3S. The number of carbonyl (C=O) groups is 1. The van der Waals surface area contributed by atoms with Gasteiger partial charge in [0.2, 0.25) is 5.89 Å². The molecular weight excluding hydrogens is 360 g/mol. The maximum Gasteiger partial charge on any atom is 0.277 e. The fraction of sp³-hybridized carbons (Fsp3) is 0.286. The van der Waals surface area contributed by atoms with Crippen LogP contribution in [-0.2, 0) is 5.41 Å². The fourth-order valence-corrected chi connectivity index (χ4v) is 3.16. The highest BCUT2D eigenvalue weighted by Gasteiger charge is 2.16. The average molecular weight is 382 g/mol. The quantitative estimate of drug-likeness (QED) is 0.441. The van der Waals surface area contributed by atoms with E-state index >= 15 is 0 Å². The minimum atomic E-state index is -0.0202. The molecule has 1 heterocycles. The summed E-state index contributed by atoms with van der Waals surface area (Å²) < 4.78 is 10.8. The van der Waals surface area contributed by atoms with Gasteiger partial charge in [0.05, 0.1) is 12.9 Å². The maximum absolute atomic E-state index is 12.3. The molecule has 0 fully saturated rings. The summed E-state index contributed by atoms with van der Waals surface area (Å²) in [6, 6.07) is 15.2. The van der Waals surface area contributed by atoms with Crippen LogP contribution in [-0.4, -0.2) is 28.8 Å². The van der Waals surface area contributed by atoms with Crippen LogP contribution in [0.15, 0.2) is 58.2 Å². The molecule has 0 bridgehead atoms. The zero-order valence-corrected chi connectivity index (χ0v) is 16.7. The molecule has 1 aromatic heterocycles. The Hall–Kier alpha value is -2.60. The largest absolute Gasteiger partial charge is 0.497 e. The fourth-order valence-electron chi connectivity index (χ4n) is 2.50. The topological polar surface area (TPSA) is 65.2 Å². The summed E-state index contributed by atoms with van der Waals surface area (Å²) in [6.07, 6.45) is 0. The second-order valence-electron chi connectivity index (χ2n) is 7.14. The summed E-state index contributed by atoms with van der Waals surface area (Å²) in [5.74, 6) is 1.31. The monoisotopic (exact) mass is 382 g/mol. The van der Waals surface area contributed by atoms with Crippen LogP contribution >= 0.6 is 11.8 Å². The normalized spacial score (nSPS) is 11.4. The van der Waals surface area contributed by atoms with Crippen molar-refractivity contribution in [2.45, 2.75) is 31.4 Å². The van der Waals surface area contributed by atoms with Crippen molar-refractivity contribution in [3.8, 4) is 17.2 Å². The van der Waals surface area contributed by atoms with E-state index in [1.54, 1.807) is 31.4 Å². The number of rotatable bonds is 6. The number of nitrogens with zero attached hydrogens (tertiary/aromatic N) is 2. The highest BCUT2D eigenvalue weighted by molar-refractivity contribution is 7.99. The van der Waals surface area contributed by atoms with E-state index in [0.717, 1.165) is 5.56 Å². The second-order valence-corrected chi connectivity index (χ2v) is 8.07. The van der Waals surface area contributed by atoms with E-state index in [1.807, 2.05) is 12.1 Å². The molecule has 0 saturated heterocycles. The summed E-state index contributed by atoms with van der Waals surface area (Å²) in [5.41, 5.74) is 2.79. The Bertz CT molecular complexity index is 927. The first kappa shape index (κ1) is 19.2. The third-order valence-electron chi connectivity index (χ3n) is 4.12. The predicted octanol–water partition coefficient (Wildman–Crippen LogP) is 5.02. The highest BCUT2D eigenvalue weighted by Crippen LogP contribution is 2.27. The van der Waals surface area contributed by atoms with Gasteiger partial charge in [-0.05, 0) is 35.2 Å². The zero-order valence-electron chi connectivity index (χ0n) is 15.9. The van der Waals surface area contributed by atoms with Gasteiger partial charge in [0.1, 0.15) is 5.75 Å². The number of carbonyl (C=O) groups excluding carboxylic acids is 1. The lowest BCUT2D eigenvalue weighted by Crippen LogP contribution is -2.10. The Morgan fingerprint density at radius 1 is 1.11 bits per heavy atom. The zero-order chi connectivity index (χ0) is 19.4. The van der Waals surface area contributed by atoms with Gasteiger partial charge in [-0.3, -0.25) is 4.79 Å². The van der Waals surface area contributed by atoms with E-state index < -0.39 is 0 Å². The van der Waals surface area contributed by atoms with E-state index in [2.05, 4.69) is 43.1 Å². The molecule has 5 nitrogen and oxygen atoms in total. The Labute approximate surface area is 163 Å². The Morgan fingerprint density at radius 3 is 2.52 bits per heavy atom. The van der Waals surface area contributed by atoms with Crippen LogP contribution in [0, 0.1) is 0 Å². The molecule has 2 aromatic carbocycles. The van der Waals surface area contributed by atoms with Crippen LogP contribution in [0.25, 0.3) is 11.5 Å². The van der Waals surface area contributed by atoms with Crippen LogP contribution in [0.4, 0.5) is 0 Å². The van der Waals surface area contributed by atoms with Crippen molar-refractivity contribution in [1.82, 2.24) is 10.2 Å². The molecule has 0 amide bonds. The van der Waals surface area contributed by atoms with Crippen LogP contribution in [0.1, 0.15) is 36.7 Å². The molecule has 27 heavy (non-hydrogen) atoms. The van der Waals surface area contributed by atoms with Crippen LogP contribution in [0.5, 0.6) is 5.75 Å². The number of hydrogen-bond donors (Lipinski definition) is 0. The van der Waals surface area contributed by atoms with Gasteiger partial charge in [-0.1, -0.05) is 56.8 Å². The maximum atomic E-state index is 12.3. The summed E-state index contributed by atoms with van der Waals surface area (Å²) in [6.45, 7) is 6.51. The summed E-state index contributed by atoms with van der Waals surface area (Å²) in [5, 5.41) is 8.50. The SMILES string of the molecule is COc1cccc(C(=O)CSc2nnc(-c3ccc(C(C)(C)C)cc3)o2)c1. The van der Waals surface area contributed by atoms with Gasteiger partial charge in [-0.2, -0.15) is 0 Å². The van der Waals surface area contributed by atoms with Crippen molar-refractivity contribution in [2.24, 2.45) is 0 Å². The lowest BCUT2D eigenvalue weighted by atomic mass is 9.87. The van der Waals surface area contributed by atoms with Gasteiger partial charge in [-0.25, -0.2) is 0 Å². The van der Waals surface area contributed by atoms with Gasteiger partial charge in [-0.15, -0.1) is 10.2 Å². The van der Waals surface area contributed by atoms with Crippen molar-refractivity contribution in [3.63, 3.8) is 0 Å². The summed E-state index contributed by atoms with van der Waals surface area (Å²) in [7, 11) is 1.58. The first-order valence-corrected chi connectivity index (χ1v) is 9.60. The first-order valence-electron chi connectivity index (χ1n) is 8.61. The molecule has 0 N–H and O–H groups in total. The molecule has 3 aromatic rings. The third kappa shape index (κ3) is 4.77. The van der Waals surface area contributed by atoms with Crippen molar-refractivity contribution >= 4 is 17.5 Å².